The van der Waals surface area contributed by atoms with Gasteiger partial charge in [-0.25, -0.2) is 4.79 Å². The van der Waals surface area contributed by atoms with E-state index >= 15 is 0 Å². The Morgan fingerprint density at radius 2 is 2.12 bits per heavy atom. The van der Waals surface area contributed by atoms with Crippen LogP contribution in [0.5, 0.6) is 0 Å². The van der Waals surface area contributed by atoms with Gasteiger partial charge in [-0.05, 0) is 44.7 Å². The Balaban J connectivity index is 1.67. The van der Waals surface area contributed by atoms with E-state index in [1.807, 2.05) is 13.0 Å². The van der Waals surface area contributed by atoms with Gasteiger partial charge in [-0.3, -0.25) is 0 Å². The summed E-state index contributed by atoms with van der Waals surface area (Å²) in [7, 11) is 0. The summed E-state index contributed by atoms with van der Waals surface area (Å²) in [6.45, 7) is 4.95. The van der Waals surface area contributed by atoms with Crippen LogP contribution in [0.2, 0.25) is 0 Å². The molecule has 2 aromatic heterocycles. The molecule has 0 saturated carbocycles. The highest BCUT2D eigenvalue weighted by Gasteiger charge is 2.31. The summed E-state index contributed by atoms with van der Waals surface area (Å²) in [5, 5.41) is 9.67. The summed E-state index contributed by atoms with van der Waals surface area (Å²) in [4.78, 5) is 16.7. The average Bonchev–Trinajstić information content (AvgIpc) is 3.25. The van der Waals surface area contributed by atoms with Gasteiger partial charge < -0.3 is 24.3 Å². The van der Waals surface area contributed by atoms with Crippen LogP contribution >= 0.6 is 0 Å². The van der Waals surface area contributed by atoms with Crippen LogP contribution in [-0.4, -0.2) is 29.4 Å². The zero-order valence-electron chi connectivity index (χ0n) is 13.8. The quantitative estimate of drug-likeness (QED) is 0.871. The molecule has 1 aliphatic rings. The fourth-order valence-electron chi connectivity index (χ4n) is 2.86. The van der Waals surface area contributed by atoms with Crippen molar-refractivity contribution in [2.45, 2.75) is 38.8 Å². The van der Waals surface area contributed by atoms with Gasteiger partial charge >= 0.3 is 6.03 Å². The monoisotopic (exact) mass is 334 g/mol. The van der Waals surface area contributed by atoms with E-state index in [4.69, 9.17) is 13.7 Å². The van der Waals surface area contributed by atoms with Crippen molar-refractivity contribution in [3.63, 3.8) is 0 Å². The number of carbonyl (C=O) groups is 1. The second kappa shape index (κ2) is 7.48. The van der Waals surface area contributed by atoms with E-state index in [0.29, 0.717) is 30.7 Å². The van der Waals surface area contributed by atoms with Crippen LogP contribution in [0.15, 0.2) is 27.3 Å². The van der Waals surface area contributed by atoms with Crippen LogP contribution < -0.4 is 10.6 Å². The normalized spacial score (nSPS) is 18.1. The third kappa shape index (κ3) is 3.94. The molecular weight excluding hydrogens is 312 g/mol. The largest absolute Gasteiger partial charge is 0.467 e. The topological polar surface area (TPSA) is 102 Å². The number of urea groups is 1. The zero-order valence-corrected chi connectivity index (χ0v) is 13.8. The standard InChI is InChI=1S/C16H22N4O4/c1-10(13-4-3-7-23-13)17-16(21)19-14(12-5-8-22-9-6-12)15-18-11(2)20-24-15/h3-4,7,10,12,14H,5-6,8-9H2,1-2H3,(H2,17,19,21)/t10-,14-/m0/s1. The SMILES string of the molecule is Cc1noc([C@@H](NC(=O)N[C@@H](C)c2ccco2)C2CCOCC2)n1. The van der Waals surface area contributed by atoms with Gasteiger partial charge in [-0.15, -0.1) is 0 Å². The second-order valence-corrected chi connectivity index (χ2v) is 5.96. The summed E-state index contributed by atoms with van der Waals surface area (Å²) < 4.78 is 16.0. The van der Waals surface area contributed by atoms with Crippen molar-refractivity contribution in [3.05, 3.63) is 35.9 Å². The number of ether oxygens (including phenoxy) is 1. The molecule has 130 valence electrons. The van der Waals surface area contributed by atoms with E-state index in [1.165, 1.54) is 0 Å². The molecule has 24 heavy (non-hydrogen) atoms. The lowest BCUT2D eigenvalue weighted by Gasteiger charge is -2.29. The van der Waals surface area contributed by atoms with Crippen molar-refractivity contribution in [2.75, 3.05) is 13.2 Å². The molecule has 3 heterocycles. The Hall–Kier alpha value is -2.35. The first-order valence-corrected chi connectivity index (χ1v) is 8.12. The summed E-state index contributed by atoms with van der Waals surface area (Å²) in [5.41, 5.74) is 0. The predicted octanol–water partition coefficient (Wildman–Crippen LogP) is 2.50. The zero-order chi connectivity index (χ0) is 16.9. The second-order valence-electron chi connectivity index (χ2n) is 5.96. The molecule has 0 aromatic carbocycles. The molecular formula is C16H22N4O4. The number of aryl methyl sites for hydroxylation is 1. The first kappa shape index (κ1) is 16.5. The Labute approximate surface area is 139 Å². The highest BCUT2D eigenvalue weighted by atomic mass is 16.5. The first-order valence-electron chi connectivity index (χ1n) is 8.12. The van der Waals surface area contributed by atoms with Crippen LogP contribution in [-0.2, 0) is 4.74 Å². The molecule has 2 atom stereocenters. The fraction of sp³-hybridized carbons (Fsp3) is 0.562. The van der Waals surface area contributed by atoms with Gasteiger partial charge in [0.1, 0.15) is 11.8 Å². The maximum Gasteiger partial charge on any atom is 0.316 e. The maximum atomic E-state index is 12.4. The van der Waals surface area contributed by atoms with E-state index in [1.54, 1.807) is 19.3 Å². The van der Waals surface area contributed by atoms with Gasteiger partial charge in [0.15, 0.2) is 5.82 Å². The molecule has 8 heteroatoms. The van der Waals surface area contributed by atoms with Gasteiger partial charge in [0.2, 0.25) is 5.89 Å². The van der Waals surface area contributed by atoms with Gasteiger partial charge in [0, 0.05) is 13.2 Å². The molecule has 2 aromatic rings. The minimum absolute atomic E-state index is 0.197. The van der Waals surface area contributed by atoms with Gasteiger partial charge in [0.05, 0.1) is 12.3 Å². The number of nitrogens with one attached hydrogen (secondary N) is 2. The lowest BCUT2D eigenvalue weighted by Crippen LogP contribution is -2.42. The van der Waals surface area contributed by atoms with E-state index < -0.39 is 0 Å². The summed E-state index contributed by atoms with van der Waals surface area (Å²) in [6, 6.07) is 2.74. The highest BCUT2D eigenvalue weighted by Crippen LogP contribution is 2.29. The molecule has 0 unspecified atom stereocenters. The van der Waals surface area contributed by atoms with Crippen LogP contribution in [0.1, 0.15) is 49.3 Å². The van der Waals surface area contributed by atoms with Crippen molar-refractivity contribution in [1.82, 2.24) is 20.8 Å². The molecule has 2 amide bonds. The Kier molecular flexibility index (Phi) is 5.14. The fourth-order valence-corrected chi connectivity index (χ4v) is 2.86. The summed E-state index contributed by atoms with van der Waals surface area (Å²) in [5.74, 6) is 1.87. The lowest BCUT2D eigenvalue weighted by molar-refractivity contribution is 0.0502. The van der Waals surface area contributed by atoms with Crippen LogP contribution in [0, 0.1) is 12.8 Å². The van der Waals surface area contributed by atoms with E-state index in [0.717, 1.165) is 12.8 Å². The molecule has 0 spiro atoms. The molecule has 1 fully saturated rings. The molecule has 0 aliphatic carbocycles. The number of carbonyl (C=O) groups excluding carboxylic acids is 1. The first-order chi connectivity index (χ1) is 11.6. The van der Waals surface area contributed by atoms with Crippen LogP contribution in [0.4, 0.5) is 4.79 Å². The third-order valence-electron chi connectivity index (χ3n) is 4.15. The molecule has 1 saturated heterocycles. The van der Waals surface area contributed by atoms with Crippen molar-refractivity contribution in [2.24, 2.45) is 5.92 Å². The Morgan fingerprint density at radius 1 is 1.33 bits per heavy atom. The van der Waals surface area contributed by atoms with E-state index in [2.05, 4.69) is 20.8 Å². The van der Waals surface area contributed by atoms with Crippen molar-refractivity contribution < 1.29 is 18.5 Å². The molecule has 1 aliphatic heterocycles. The van der Waals surface area contributed by atoms with Gasteiger partial charge in [0.25, 0.3) is 0 Å². The minimum atomic E-state index is -0.334. The van der Waals surface area contributed by atoms with Crippen molar-refractivity contribution >= 4 is 6.03 Å². The van der Waals surface area contributed by atoms with E-state index in [9.17, 15) is 4.79 Å². The smallest absolute Gasteiger partial charge is 0.316 e. The van der Waals surface area contributed by atoms with Gasteiger partial charge in [-0.1, -0.05) is 5.16 Å². The average molecular weight is 334 g/mol. The molecule has 3 rings (SSSR count). The lowest BCUT2D eigenvalue weighted by atomic mass is 9.91. The van der Waals surface area contributed by atoms with Crippen LogP contribution in [0.25, 0.3) is 0 Å². The number of hydrogen-bond acceptors (Lipinski definition) is 6. The number of furan rings is 1. The number of amides is 2. The number of rotatable bonds is 5. The highest BCUT2D eigenvalue weighted by molar-refractivity contribution is 5.74. The van der Waals surface area contributed by atoms with Crippen molar-refractivity contribution in [3.8, 4) is 0 Å². The predicted molar refractivity (Wildman–Crippen MR) is 84.1 cm³/mol. The molecule has 0 radical (unpaired) electrons. The molecule has 2 N–H and O–H groups in total. The number of nitrogens with zero attached hydrogens (tertiary/aromatic N) is 2. The third-order valence-corrected chi connectivity index (χ3v) is 4.15. The maximum absolute atomic E-state index is 12.4. The molecule has 0 bridgehead atoms. The number of hydrogen-bond donors (Lipinski definition) is 2. The van der Waals surface area contributed by atoms with Gasteiger partial charge in [-0.2, -0.15) is 4.98 Å². The Bertz CT molecular complexity index is 649. The summed E-state index contributed by atoms with van der Waals surface area (Å²) >= 11 is 0. The Morgan fingerprint density at radius 3 is 2.75 bits per heavy atom. The summed E-state index contributed by atoms with van der Waals surface area (Å²) in [6.07, 6.45) is 3.25. The van der Waals surface area contributed by atoms with Crippen LogP contribution in [0.3, 0.4) is 0 Å². The number of aromatic nitrogens is 2. The van der Waals surface area contributed by atoms with E-state index in [-0.39, 0.29) is 24.0 Å². The minimum Gasteiger partial charge on any atom is -0.467 e. The molecule has 8 nitrogen and oxygen atoms in total. The van der Waals surface area contributed by atoms with Crippen molar-refractivity contribution in [1.29, 1.82) is 0 Å².